The zero-order chi connectivity index (χ0) is 16.2. The first-order valence-electron chi connectivity index (χ1n) is 7.51. The Hall–Kier alpha value is -0.660. The lowest BCUT2D eigenvalue weighted by Gasteiger charge is -2.26. The fourth-order valence-corrected chi connectivity index (χ4v) is 4.61. The van der Waals surface area contributed by atoms with Crippen molar-refractivity contribution in [3.63, 3.8) is 0 Å². The topological polar surface area (TPSA) is 60.9 Å². The van der Waals surface area contributed by atoms with E-state index in [9.17, 15) is 13.5 Å². The normalized spacial score (nSPS) is 18.0. The smallest absolute Gasteiger partial charge is 0.244 e. The number of aliphatic hydroxyl groups excluding tert-OH is 1. The van der Waals surface area contributed by atoms with Crippen molar-refractivity contribution in [3.8, 4) is 0 Å². The van der Waals surface area contributed by atoms with Crippen LogP contribution in [0.15, 0.2) is 23.1 Å². The molecule has 0 amide bonds. The van der Waals surface area contributed by atoms with Gasteiger partial charge in [0.25, 0.3) is 0 Å². The van der Waals surface area contributed by atoms with Crippen molar-refractivity contribution in [1.82, 2.24) is 9.21 Å². The van der Waals surface area contributed by atoms with E-state index in [0.29, 0.717) is 6.54 Å². The van der Waals surface area contributed by atoms with E-state index in [0.717, 1.165) is 25.9 Å². The van der Waals surface area contributed by atoms with Gasteiger partial charge >= 0.3 is 0 Å². The number of halogens is 1. The number of likely N-dealkylation sites (N-methyl/N-ethyl adjacent to an activating group) is 1. The summed E-state index contributed by atoms with van der Waals surface area (Å²) >= 11 is 5.99. The second kappa shape index (κ2) is 7.75. The Morgan fingerprint density at radius 2 is 2.14 bits per heavy atom. The van der Waals surface area contributed by atoms with Crippen LogP contribution < -0.4 is 0 Å². The van der Waals surface area contributed by atoms with Crippen LogP contribution in [0.2, 0.25) is 5.02 Å². The highest BCUT2D eigenvalue weighted by molar-refractivity contribution is 7.89. The zero-order valence-electron chi connectivity index (χ0n) is 12.7. The highest BCUT2D eigenvalue weighted by Crippen LogP contribution is 2.24. The molecule has 7 heteroatoms. The van der Waals surface area contributed by atoms with Crippen molar-refractivity contribution in [2.75, 3.05) is 32.7 Å². The van der Waals surface area contributed by atoms with Crippen LogP contribution in [-0.2, 0) is 10.0 Å². The summed E-state index contributed by atoms with van der Waals surface area (Å²) in [4.78, 5) is 2.20. The molecule has 0 spiro atoms. The summed E-state index contributed by atoms with van der Waals surface area (Å²) in [5.74, 6) is 0. The maximum absolute atomic E-state index is 12.7. The van der Waals surface area contributed by atoms with Gasteiger partial charge in [0.15, 0.2) is 0 Å². The Labute approximate surface area is 137 Å². The van der Waals surface area contributed by atoms with Crippen molar-refractivity contribution in [2.45, 2.75) is 30.8 Å². The third-order valence-electron chi connectivity index (χ3n) is 3.83. The Bertz CT molecular complexity index is 588. The second-order valence-electron chi connectivity index (χ2n) is 5.47. The minimum absolute atomic E-state index is 0.0342. The molecule has 22 heavy (non-hydrogen) atoms. The van der Waals surface area contributed by atoms with Crippen molar-refractivity contribution >= 4 is 21.6 Å². The number of benzene rings is 1. The molecule has 2 rings (SSSR count). The average Bonchev–Trinajstić information content (AvgIpc) is 2.97. The van der Waals surface area contributed by atoms with Gasteiger partial charge in [0, 0.05) is 19.6 Å². The zero-order valence-corrected chi connectivity index (χ0v) is 14.3. The van der Waals surface area contributed by atoms with Crippen molar-refractivity contribution in [1.29, 1.82) is 0 Å². The predicted octanol–water partition coefficient (Wildman–Crippen LogP) is 1.61. The van der Waals surface area contributed by atoms with Crippen molar-refractivity contribution in [3.05, 3.63) is 29.3 Å². The first-order chi connectivity index (χ1) is 10.4. The summed E-state index contributed by atoms with van der Waals surface area (Å²) in [6.45, 7) is 4.54. The SMILES string of the molecule is CCN(CC(O)CN1CCCC1)S(=O)(=O)c1c[c]ccc1Cl. The van der Waals surface area contributed by atoms with Gasteiger partial charge in [0.05, 0.1) is 11.1 Å². The minimum Gasteiger partial charge on any atom is -0.390 e. The molecule has 1 aromatic rings. The first-order valence-corrected chi connectivity index (χ1v) is 9.33. The largest absolute Gasteiger partial charge is 0.390 e. The minimum atomic E-state index is -3.72. The standard InChI is InChI=1S/C15H22ClN2O3S/c1-2-18(12-13(19)11-17-9-5-6-10-17)22(20,21)15-8-4-3-7-14(15)16/h3,7-8,13,19H,2,5-6,9-12H2,1H3. The van der Waals surface area contributed by atoms with Gasteiger partial charge in [0.1, 0.15) is 4.90 Å². The average molecular weight is 346 g/mol. The molecule has 1 saturated heterocycles. The third kappa shape index (κ3) is 4.20. The number of nitrogens with zero attached hydrogens (tertiary/aromatic N) is 2. The molecule has 1 N–H and O–H groups in total. The van der Waals surface area contributed by atoms with E-state index in [4.69, 9.17) is 11.6 Å². The van der Waals surface area contributed by atoms with Crippen LogP contribution in [0, 0.1) is 6.07 Å². The summed E-state index contributed by atoms with van der Waals surface area (Å²) in [5, 5.41) is 10.4. The van der Waals surface area contributed by atoms with E-state index in [1.54, 1.807) is 13.0 Å². The number of aliphatic hydroxyl groups is 1. The summed E-state index contributed by atoms with van der Waals surface area (Å²) in [6.07, 6.45) is 1.56. The maximum atomic E-state index is 12.7. The lowest BCUT2D eigenvalue weighted by atomic mass is 10.3. The third-order valence-corrected chi connectivity index (χ3v) is 6.25. The number of likely N-dealkylation sites (tertiary alicyclic amines) is 1. The fourth-order valence-electron chi connectivity index (χ4n) is 2.69. The van der Waals surface area contributed by atoms with Crippen LogP contribution in [0.5, 0.6) is 0 Å². The molecule has 1 heterocycles. The van der Waals surface area contributed by atoms with Crippen LogP contribution in [0.1, 0.15) is 19.8 Å². The highest BCUT2D eigenvalue weighted by Gasteiger charge is 2.28. The van der Waals surface area contributed by atoms with Crippen LogP contribution >= 0.6 is 11.6 Å². The van der Waals surface area contributed by atoms with E-state index < -0.39 is 16.1 Å². The van der Waals surface area contributed by atoms with Gasteiger partial charge < -0.3 is 10.0 Å². The van der Waals surface area contributed by atoms with Crippen LogP contribution in [0.3, 0.4) is 0 Å². The summed E-state index contributed by atoms with van der Waals surface area (Å²) in [6, 6.07) is 7.18. The molecule has 1 fully saturated rings. The van der Waals surface area contributed by atoms with Crippen molar-refractivity contribution in [2.24, 2.45) is 0 Å². The molecule has 5 nitrogen and oxygen atoms in total. The molecular weight excluding hydrogens is 324 g/mol. The van der Waals surface area contributed by atoms with E-state index in [1.807, 2.05) is 0 Å². The van der Waals surface area contributed by atoms with Gasteiger partial charge in [-0.15, -0.1) is 0 Å². The molecule has 1 aliphatic heterocycles. The predicted molar refractivity (Wildman–Crippen MR) is 86.4 cm³/mol. The summed E-state index contributed by atoms with van der Waals surface area (Å²) < 4.78 is 26.6. The Morgan fingerprint density at radius 3 is 2.73 bits per heavy atom. The van der Waals surface area contributed by atoms with Crippen LogP contribution in [-0.4, -0.2) is 61.6 Å². The number of rotatable bonds is 7. The van der Waals surface area contributed by atoms with Crippen LogP contribution in [0.25, 0.3) is 0 Å². The van der Waals surface area contributed by atoms with Gasteiger partial charge in [0.2, 0.25) is 10.0 Å². The molecule has 1 radical (unpaired) electrons. The summed E-state index contributed by atoms with van der Waals surface area (Å²) in [7, 11) is -3.72. The van der Waals surface area contributed by atoms with Crippen LogP contribution in [0.4, 0.5) is 0 Å². The van der Waals surface area contributed by atoms with Gasteiger partial charge in [-0.05, 0) is 44.1 Å². The maximum Gasteiger partial charge on any atom is 0.244 e. The lowest BCUT2D eigenvalue weighted by Crippen LogP contribution is -2.42. The lowest BCUT2D eigenvalue weighted by molar-refractivity contribution is 0.106. The van der Waals surface area contributed by atoms with E-state index >= 15 is 0 Å². The molecule has 123 valence electrons. The Kier molecular flexibility index (Phi) is 6.23. The number of sulfonamides is 1. The molecule has 1 aliphatic rings. The number of hydrogen-bond acceptors (Lipinski definition) is 4. The van der Waals surface area contributed by atoms with E-state index in [2.05, 4.69) is 11.0 Å². The van der Waals surface area contributed by atoms with E-state index in [1.165, 1.54) is 16.4 Å². The number of hydrogen-bond donors (Lipinski definition) is 1. The molecule has 1 aromatic carbocycles. The second-order valence-corrected chi connectivity index (χ2v) is 7.79. The first kappa shape index (κ1) is 17.7. The van der Waals surface area contributed by atoms with Crippen molar-refractivity contribution < 1.29 is 13.5 Å². The fraction of sp³-hybridized carbons (Fsp3) is 0.600. The van der Waals surface area contributed by atoms with Gasteiger partial charge in [-0.1, -0.05) is 24.6 Å². The highest BCUT2D eigenvalue weighted by atomic mass is 35.5. The van der Waals surface area contributed by atoms with Gasteiger partial charge in [-0.25, -0.2) is 8.42 Å². The molecule has 1 atom stereocenters. The summed E-state index contributed by atoms with van der Waals surface area (Å²) in [5.41, 5.74) is 0. The molecular formula is C15H22ClN2O3S. The molecule has 1 unspecified atom stereocenters. The van der Waals surface area contributed by atoms with Gasteiger partial charge in [-0.2, -0.15) is 4.31 Å². The molecule has 0 aromatic heterocycles. The number of β-amino-alcohol motifs (C(OH)–C–C–N with tert-alkyl or cyclic N) is 1. The quantitative estimate of drug-likeness (QED) is 0.815. The monoisotopic (exact) mass is 345 g/mol. The van der Waals surface area contributed by atoms with Gasteiger partial charge in [-0.3, -0.25) is 0 Å². The Balaban J connectivity index is 2.08. The Morgan fingerprint density at radius 1 is 1.45 bits per heavy atom. The van der Waals surface area contributed by atoms with E-state index in [-0.39, 0.29) is 23.0 Å². The molecule has 0 bridgehead atoms. The molecule has 0 saturated carbocycles. The molecule has 0 aliphatic carbocycles.